The first kappa shape index (κ1) is 21.5. The van der Waals surface area contributed by atoms with Crippen LogP contribution in [0, 0.1) is 0 Å². The molecule has 0 aliphatic carbocycles. The van der Waals surface area contributed by atoms with Crippen LogP contribution in [0.2, 0.25) is 10.0 Å². The van der Waals surface area contributed by atoms with E-state index in [0.29, 0.717) is 28.5 Å². The monoisotopic (exact) mass is 456 g/mol. The number of aliphatic hydroxyl groups is 1. The van der Waals surface area contributed by atoms with E-state index in [9.17, 15) is 13.5 Å². The van der Waals surface area contributed by atoms with Crippen molar-refractivity contribution in [3.8, 4) is 11.3 Å². The van der Waals surface area contributed by atoms with Crippen LogP contribution >= 0.6 is 23.2 Å². The number of nitrogens with two attached hydrogens (primary N) is 1. The molecule has 0 unspecified atom stereocenters. The number of rotatable bonds is 6. The number of benzene rings is 1. The first-order valence-corrected chi connectivity index (χ1v) is 10.6. The summed E-state index contributed by atoms with van der Waals surface area (Å²) in [6, 6.07) is 4.01. The summed E-state index contributed by atoms with van der Waals surface area (Å²) in [5.74, 6) is 0.199. The van der Waals surface area contributed by atoms with Crippen molar-refractivity contribution in [2.75, 3.05) is 5.32 Å². The summed E-state index contributed by atoms with van der Waals surface area (Å²) in [7, 11) is -3.86. The minimum atomic E-state index is -3.86. The lowest BCUT2D eigenvalue weighted by Gasteiger charge is -2.16. The van der Waals surface area contributed by atoms with Crippen molar-refractivity contribution < 1.29 is 13.5 Å². The molecule has 3 aromatic rings. The molecule has 12 heteroatoms. The van der Waals surface area contributed by atoms with Gasteiger partial charge in [-0.1, -0.05) is 23.2 Å². The van der Waals surface area contributed by atoms with E-state index in [1.54, 1.807) is 30.9 Å². The van der Waals surface area contributed by atoms with E-state index in [-0.39, 0.29) is 15.9 Å². The molecule has 1 aromatic carbocycles. The zero-order chi connectivity index (χ0) is 21.4. The van der Waals surface area contributed by atoms with E-state index in [1.807, 2.05) is 0 Å². The fourth-order valence-corrected chi connectivity index (χ4v) is 3.53. The van der Waals surface area contributed by atoms with Gasteiger partial charge in [-0.25, -0.2) is 23.5 Å². The first-order valence-electron chi connectivity index (χ1n) is 8.29. The van der Waals surface area contributed by atoms with Gasteiger partial charge in [0.05, 0.1) is 50.9 Å². The lowest BCUT2D eigenvalue weighted by Crippen LogP contribution is -2.26. The van der Waals surface area contributed by atoms with Crippen LogP contribution in [0.1, 0.15) is 13.8 Å². The second kappa shape index (κ2) is 7.88. The van der Waals surface area contributed by atoms with E-state index < -0.39 is 15.6 Å². The molecule has 0 aliphatic heterocycles. The van der Waals surface area contributed by atoms with Crippen LogP contribution in [-0.2, 0) is 16.6 Å². The average molecular weight is 457 g/mol. The maximum atomic E-state index is 11.4. The predicted octanol–water partition coefficient (Wildman–Crippen LogP) is 2.81. The molecule has 0 amide bonds. The summed E-state index contributed by atoms with van der Waals surface area (Å²) in [4.78, 5) is 8.40. The summed E-state index contributed by atoms with van der Waals surface area (Å²) in [5.41, 5.74) is 0.541. The van der Waals surface area contributed by atoms with Crippen molar-refractivity contribution in [1.82, 2.24) is 19.7 Å². The highest BCUT2D eigenvalue weighted by Crippen LogP contribution is 2.30. The van der Waals surface area contributed by atoms with Crippen molar-refractivity contribution in [3.05, 3.63) is 46.8 Å². The molecule has 3 rings (SSSR count). The molecule has 0 fully saturated rings. The van der Waals surface area contributed by atoms with Gasteiger partial charge in [-0.05, 0) is 32.0 Å². The van der Waals surface area contributed by atoms with Gasteiger partial charge in [-0.15, -0.1) is 0 Å². The number of aromatic nitrogens is 4. The van der Waals surface area contributed by atoms with Crippen molar-refractivity contribution in [2.24, 2.45) is 5.14 Å². The van der Waals surface area contributed by atoms with Gasteiger partial charge in [0.25, 0.3) is 0 Å². The van der Waals surface area contributed by atoms with E-state index in [1.165, 1.54) is 24.4 Å². The Hall–Kier alpha value is -2.24. The molecule has 0 bridgehead atoms. The smallest absolute Gasteiger partial charge is 0.238 e. The number of nitrogens with one attached hydrogen (secondary N) is 1. The van der Waals surface area contributed by atoms with Gasteiger partial charge in [-0.2, -0.15) is 5.10 Å². The van der Waals surface area contributed by atoms with Crippen molar-refractivity contribution in [3.63, 3.8) is 0 Å². The summed E-state index contributed by atoms with van der Waals surface area (Å²) < 4.78 is 24.4. The molecule has 29 heavy (non-hydrogen) atoms. The van der Waals surface area contributed by atoms with Crippen LogP contribution in [-0.4, -0.2) is 38.9 Å². The molecule has 2 aromatic heterocycles. The van der Waals surface area contributed by atoms with Gasteiger partial charge < -0.3 is 10.4 Å². The van der Waals surface area contributed by atoms with Crippen LogP contribution < -0.4 is 10.5 Å². The van der Waals surface area contributed by atoms with Crippen LogP contribution in [0.15, 0.2) is 41.7 Å². The predicted molar refractivity (Wildman–Crippen MR) is 111 cm³/mol. The van der Waals surface area contributed by atoms with Gasteiger partial charge in [0.1, 0.15) is 0 Å². The molecular weight excluding hydrogens is 439 g/mol. The van der Waals surface area contributed by atoms with Crippen LogP contribution in [0.25, 0.3) is 11.3 Å². The number of hydrogen-bond donors (Lipinski definition) is 3. The molecule has 0 saturated carbocycles. The molecule has 0 radical (unpaired) electrons. The zero-order valence-corrected chi connectivity index (χ0v) is 17.8. The van der Waals surface area contributed by atoms with Crippen molar-refractivity contribution >= 4 is 44.9 Å². The Balaban J connectivity index is 1.88. The highest BCUT2D eigenvalue weighted by molar-refractivity contribution is 7.89. The number of hydrogen-bond acceptors (Lipinski definition) is 7. The number of halogens is 2. The van der Waals surface area contributed by atoms with Gasteiger partial charge in [0.15, 0.2) is 0 Å². The second-order valence-electron chi connectivity index (χ2n) is 6.94. The normalized spacial score (nSPS) is 12.2. The van der Waals surface area contributed by atoms with Crippen LogP contribution in [0.4, 0.5) is 11.6 Å². The molecule has 9 nitrogen and oxygen atoms in total. The molecule has 0 aliphatic rings. The fourth-order valence-electron chi connectivity index (χ4n) is 2.49. The zero-order valence-electron chi connectivity index (χ0n) is 15.5. The number of primary sulfonamides is 1. The summed E-state index contributed by atoms with van der Waals surface area (Å²) in [5, 5.41) is 22.6. The van der Waals surface area contributed by atoms with E-state index in [4.69, 9.17) is 28.3 Å². The Morgan fingerprint density at radius 1 is 1.24 bits per heavy atom. The van der Waals surface area contributed by atoms with E-state index >= 15 is 0 Å². The third-order valence-corrected chi connectivity index (χ3v) is 5.22. The lowest BCUT2D eigenvalue weighted by atomic mass is 10.1. The van der Waals surface area contributed by atoms with Crippen LogP contribution in [0.5, 0.6) is 0 Å². The van der Waals surface area contributed by atoms with E-state index in [0.717, 1.165) is 0 Å². The Bertz CT molecular complexity index is 1160. The molecule has 4 N–H and O–H groups in total. The maximum absolute atomic E-state index is 11.4. The Morgan fingerprint density at radius 3 is 2.59 bits per heavy atom. The maximum Gasteiger partial charge on any atom is 0.238 e. The topological polar surface area (TPSA) is 136 Å². The van der Waals surface area contributed by atoms with Crippen molar-refractivity contribution in [1.29, 1.82) is 0 Å². The number of anilines is 2. The fraction of sp³-hybridized carbons (Fsp3) is 0.235. The SMILES string of the molecule is CC(C)(O)Cn1cc(-c2nc(Nc3ccc(S(N)(=O)=O)cc3Cl)ncc2Cl)cn1. The summed E-state index contributed by atoms with van der Waals surface area (Å²) >= 11 is 12.4. The lowest BCUT2D eigenvalue weighted by molar-refractivity contribution is 0.0577. The molecule has 0 spiro atoms. The standard InChI is InChI=1S/C17H18Cl2N6O3S/c1-17(2,26)9-25-8-10(6-22-25)15-13(19)7-21-16(24-15)23-14-4-3-11(5-12(14)18)29(20,27)28/h3-8,26H,9H2,1-2H3,(H2,20,27,28)(H,21,23,24). The molecule has 0 atom stereocenters. The third-order valence-electron chi connectivity index (χ3n) is 3.72. The minimum absolute atomic E-state index is 0.106. The Labute approximate surface area is 177 Å². The highest BCUT2D eigenvalue weighted by Gasteiger charge is 2.17. The molecule has 0 saturated heterocycles. The number of nitrogens with zero attached hydrogens (tertiary/aromatic N) is 4. The quantitative estimate of drug-likeness (QED) is 0.518. The summed E-state index contributed by atoms with van der Waals surface area (Å²) in [6.07, 6.45) is 4.72. The van der Waals surface area contributed by atoms with E-state index in [2.05, 4.69) is 20.4 Å². The third kappa shape index (κ3) is 5.43. The minimum Gasteiger partial charge on any atom is -0.389 e. The molecule has 154 valence electrons. The average Bonchev–Trinajstić information content (AvgIpc) is 3.03. The van der Waals surface area contributed by atoms with Gasteiger partial charge in [0.2, 0.25) is 16.0 Å². The summed E-state index contributed by atoms with van der Waals surface area (Å²) in [6.45, 7) is 3.66. The second-order valence-corrected chi connectivity index (χ2v) is 9.32. The first-order chi connectivity index (χ1) is 13.4. The van der Waals surface area contributed by atoms with Crippen molar-refractivity contribution in [2.45, 2.75) is 30.9 Å². The molecule has 2 heterocycles. The van der Waals surface area contributed by atoms with Gasteiger partial charge >= 0.3 is 0 Å². The molecular formula is C17H18Cl2N6O3S. The Morgan fingerprint density at radius 2 is 1.97 bits per heavy atom. The van der Waals surface area contributed by atoms with Crippen LogP contribution in [0.3, 0.4) is 0 Å². The Kier molecular flexibility index (Phi) is 5.84. The number of sulfonamides is 1. The van der Waals surface area contributed by atoms with Gasteiger partial charge in [-0.3, -0.25) is 4.68 Å². The highest BCUT2D eigenvalue weighted by atomic mass is 35.5. The largest absolute Gasteiger partial charge is 0.389 e. The van der Waals surface area contributed by atoms with Gasteiger partial charge in [0, 0.05) is 11.8 Å².